The number of phenolic OH excluding ortho intramolecular Hbond substituents is 1. The monoisotopic (exact) mass is 305 g/mol. The van der Waals surface area contributed by atoms with Crippen LogP contribution in [0.2, 0.25) is 10.0 Å². The van der Waals surface area contributed by atoms with E-state index < -0.39 is 0 Å². The van der Waals surface area contributed by atoms with Crippen LogP contribution in [0.4, 0.5) is 0 Å². The maximum absolute atomic E-state index is 9.83. The Labute approximate surface area is 122 Å². The summed E-state index contributed by atoms with van der Waals surface area (Å²) >= 11 is 13.8. The van der Waals surface area contributed by atoms with E-state index in [0.717, 1.165) is 18.0 Å². The van der Waals surface area contributed by atoms with Gasteiger partial charge in [-0.2, -0.15) is 11.8 Å². The Morgan fingerprint density at radius 3 is 2.72 bits per heavy atom. The van der Waals surface area contributed by atoms with Gasteiger partial charge in [-0.15, -0.1) is 0 Å². The summed E-state index contributed by atoms with van der Waals surface area (Å²) in [6, 6.07) is 3.31. The number of halogens is 2. The smallest absolute Gasteiger partial charge is 0.138 e. The van der Waals surface area contributed by atoms with Crippen molar-refractivity contribution < 1.29 is 5.11 Å². The van der Waals surface area contributed by atoms with E-state index in [4.69, 9.17) is 23.2 Å². The van der Waals surface area contributed by atoms with Gasteiger partial charge in [0, 0.05) is 17.1 Å². The number of aromatic hydroxyl groups is 1. The van der Waals surface area contributed by atoms with Gasteiger partial charge in [-0.3, -0.25) is 0 Å². The van der Waals surface area contributed by atoms with Crippen molar-refractivity contribution in [2.24, 2.45) is 5.92 Å². The van der Waals surface area contributed by atoms with Crippen molar-refractivity contribution in [3.63, 3.8) is 0 Å². The van der Waals surface area contributed by atoms with Gasteiger partial charge in [0.15, 0.2) is 0 Å². The first-order chi connectivity index (χ1) is 8.66. The lowest BCUT2D eigenvalue weighted by atomic mass is 10.0. The molecule has 1 aromatic rings. The summed E-state index contributed by atoms with van der Waals surface area (Å²) in [7, 11) is 0. The van der Waals surface area contributed by atoms with E-state index in [1.807, 2.05) is 11.8 Å². The summed E-state index contributed by atoms with van der Waals surface area (Å²) in [5, 5.41) is 14.1. The molecule has 0 unspecified atom stereocenters. The normalized spacial score (nSPS) is 17.0. The number of hydrogen-bond acceptors (Lipinski definition) is 3. The third-order valence-electron chi connectivity index (χ3n) is 3.20. The van der Waals surface area contributed by atoms with Crippen LogP contribution < -0.4 is 5.32 Å². The van der Waals surface area contributed by atoms with Crippen LogP contribution in [0.25, 0.3) is 0 Å². The maximum Gasteiger partial charge on any atom is 0.138 e. The fourth-order valence-electron chi connectivity index (χ4n) is 2.12. The average Bonchev–Trinajstić information content (AvgIpc) is 2.36. The molecule has 0 radical (unpaired) electrons. The maximum atomic E-state index is 9.83. The van der Waals surface area contributed by atoms with Crippen LogP contribution in [-0.4, -0.2) is 23.2 Å². The predicted molar refractivity (Wildman–Crippen MR) is 79.9 cm³/mol. The highest BCUT2D eigenvalue weighted by molar-refractivity contribution is 7.99. The molecule has 1 aromatic carbocycles. The molecule has 18 heavy (non-hydrogen) atoms. The molecule has 2 rings (SSSR count). The first-order valence-electron chi connectivity index (χ1n) is 6.12. The van der Waals surface area contributed by atoms with Gasteiger partial charge in [-0.25, -0.2) is 0 Å². The second kappa shape index (κ2) is 6.90. The van der Waals surface area contributed by atoms with Crippen molar-refractivity contribution in [3.05, 3.63) is 27.7 Å². The van der Waals surface area contributed by atoms with Gasteiger partial charge >= 0.3 is 0 Å². The standard InChI is InChI=1S/C13H17Cl2NOS/c14-11-5-10(13(17)12(15)6-11)8-16-7-9-1-3-18-4-2-9/h5-6,9,16-17H,1-4,7-8H2. The molecule has 100 valence electrons. The minimum Gasteiger partial charge on any atom is -0.506 e. The fraction of sp³-hybridized carbons (Fsp3) is 0.538. The Morgan fingerprint density at radius 2 is 2.00 bits per heavy atom. The average molecular weight is 306 g/mol. The van der Waals surface area contributed by atoms with Crippen molar-refractivity contribution in [3.8, 4) is 5.75 Å². The molecule has 1 aliphatic rings. The Kier molecular flexibility index (Phi) is 5.49. The molecule has 5 heteroatoms. The molecule has 0 aromatic heterocycles. The number of nitrogens with one attached hydrogen (secondary N) is 1. The zero-order valence-electron chi connectivity index (χ0n) is 10.1. The third-order valence-corrected chi connectivity index (χ3v) is 4.75. The second-order valence-corrected chi connectivity index (χ2v) is 6.65. The van der Waals surface area contributed by atoms with Gasteiger partial charge in [0.2, 0.25) is 0 Å². The van der Waals surface area contributed by atoms with E-state index >= 15 is 0 Å². The molecule has 0 bridgehead atoms. The molecular weight excluding hydrogens is 289 g/mol. The fourth-order valence-corrected chi connectivity index (χ4v) is 3.86. The van der Waals surface area contributed by atoms with Crippen molar-refractivity contribution in [2.45, 2.75) is 19.4 Å². The molecule has 2 N–H and O–H groups in total. The molecule has 0 amide bonds. The van der Waals surface area contributed by atoms with Crippen LogP contribution in [0, 0.1) is 5.92 Å². The van der Waals surface area contributed by atoms with Gasteiger partial charge in [0.25, 0.3) is 0 Å². The Hall–Kier alpha value is -0.0900. The molecule has 1 heterocycles. The van der Waals surface area contributed by atoms with Crippen molar-refractivity contribution >= 4 is 35.0 Å². The van der Waals surface area contributed by atoms with Crippen LogP contribution in [-0.2, 0) is 6.54 Å². The van der Waals surface area contributed by atoms with Crippen LogP contribution in [0.1, 0.15) is 18.4 Å². The number of phenols is 1. The highest BCUT2D eigenvalue weighted by Gasteiger charge is 2.14. The minimum absolute atomic E-state index is 0.132. The first kappa shape index (κ1) is 14.3. The van der Waals surface area contributed by atoms with Gasteiger partial charge < -0.3 is 10.4 Å². The highest BCUT2D eigenvalue weighted by Crippen LogP contribution is 2.31. The molecular formula is C13H17Cl2NOS. The van der Waals surface area contributed by atoms with Crippen LogP contribution in [0.5, 0.6) is 5.75 Å². The Morgan fingerprint density at radius 1 is 1.28 bits per heavy atom. The third kappa shape index (κ3) is 3.95. The van der Waals surface area contributed by atoms with Gasteiger partial charge in [0.1, 0.15) is 5.75 Å². The number of benzene rings is 1. The minimum atomic E-state index is 0.132. The number of hydrogen-bond donors (Lipinski definition) is 2. The van der Waals surface area contributed by atoms with Crippen molar-refractivity contribution in [1.82, 2.24) is 5.32 Å². The molecule has 2 nitrogen and oxygen atoms in total. The summed E-state index contributed by atoms with van der Waals surface area (Å²) < 4.78 is 0. The van der Waals surface area contributed by atoms with Crippen LogP contribution in [0.15, 0.2) is 12.1 Å². The predicted octanol–water partition coefficient (Wildman–Crippen LogP) is 3.93. The van der Waals surface area contributed by atoms with E-state index in [-0.39, 0.29) is 5.75 Å². The lowest BCUT2D eigenvalue weighted by molar-refractivity contribution is 0.436. The molecule has 1 saturated heterocycles. The quantitative estimate of drug-likeness (QED) is 0.884. The van der Waals surface area contributed by atoms with E-state index in [1.54, 1.807) is 12.1 Å². The first-order valence-corrected chi connectivity index (χ1v) is 8.03. The second-order valence-electron chi connectivity index (χ2n) is 4.58. The lowest BCUT2D eigenvalue weighted by Gasteiger charge is -2.21. The highest BCUT2D eigenvalue weighted by atomic mass is 35.5. The summed E-state index contributed by atoms with van der Waals surface area (Å²) in [5.74, 6) is 3.41. The molecule has 1 aliphatic heterocycles. The van der Waals surface area contributed by atoms with Crippen LogP contribution in [0.3, 0.4) is 0 Å². The van der Waals surface area contributed by atoms with E-state index in [2.05, 4.69) is 5.32 Å². The molecule has 1 fully saturated rings. The molecule has 0 atom stereocenters. The Balaban J connectivity index is 1.86. The summed E-state index contributed by atoms with van der Waals surface area (Å²) in [6.45, 7) is 1.60. The van der Waals surface area contributed by atoms with E-state index in [9.17, 15) is 5.11 Å². The largest absolute Gasteiger partial charge is 0.506 e. The zero-order chi connectivity index (χ0) is 13.0. The number of thioether (sulfide) groups is 1. The van der Waals surface area contributed by atoms with E-state index in [1.165, 1.54) is 24.3 Å². The van der Waals surface area contributed by atoms with Gasteiger partial charge in [-0.05, 0) is 48.9 Å². The summed E-state index contributed by atoms with van der Waals surface area (Å²) in [4.78, 5) is 0. The van der Waals surface area contributed by atoms with E-state index in [0.29, 0.717) is 16.6 Å². The topological polar surface area (TPSA) is 32.3 Å². The molecule has 0 saturated carbocycles. The Bertz CT molecular complexity index is 408. The lowest BCUT2D eigenvalue weighted by Crippen LogP contribution is -2.25. The summed E-state index contributed by atoms with van der Waals surface area (Å²) in [6.07, 6.45) is 2.56. The zero-order valence-corrected chi connectivity index (χ0v) is 12.4. The molecule has 0 aliphatic carbocycles. The van der Waals surface area contributed by atoms with Crippen molar-refractivity contribution in [1.29, 1.82) is 0 Å². The number of rotatable bonds is 4. The summed E-state index contributed by atoms with van der Waals surface area (Å²) in [5.41, 5.74) is 0.762. The van der Waals surface area contributed by atoms with Crippen LogP contribution >= 0.6 is 35.0 Å². The SMILES string of the molecule is Oc1c(Cl)cc(Cl)cc1CNCC1CCSCC1. The van der Waals surface area contributed by atoms with Crippen molar-refractivity contribution in [2.75, 3.05) is 18.1 Å². The van der Waals surface area contributed by atoms with Gasteiger partial charge in [0.05, 0.1) is 5.02 Å². The molecule has 0 spiro atoms. The van der Waals surface area contributed by atoms with Gasteiger partial charge in [-0.1, -0.05) is 23.2 Å².